The lowest BCUT2D eigenvalue weighted by Gasteiger charge is -2.11. The van der Waals surface area contributed by atoms with E-state index in [-0.39, 0.29) is 5.91 Å². The lowest BCUT2D eigenvalue weighted by molar-refractivity contribution is -0.120. The fourth-order valence-corrected chi connectivity index (χ4v) is 2.36. The van der Waals surface area contributed by atoms with Gasteiger partial charge in [0.25, 0.3) is 0 Å². The van der Waals surface area contributed by atoms with Gasteiger partial charge in [-0.1, -0.05) is 55.0 Å². The van der Waals surface area contributed by atoms with Crippen LogP contribution in [0.4, 0.5) is 0 Å². The van der Waals surface area contributed by atoms with E-state index in [1.54, 1.807) is 0 Å². The van der Waals surface area contributed by atoms with Crippen LogP contribution in [0.25, 0.3) is 0 Å². The summed E-state index contributed by atoms with van der Waals surface area (Å²) in [5, 5.41) is 2.89. The van der Waals surface area contributed by atoms with Gasteiger partial charge < -0.3 is 10.1 Å². The summed E-state index contributed by atoms with van der Waals surface area (Å²) in [5.74, 6) is 0.927. The van der Waals surface area contributed by atoms with Crippen LogP contribution in [0.5, 0.6) is 5.75 Å². The zero-order valence-corrected chi connectivity index (χ0v) is 13.3. The minimum Gasteiger partial charge on any atom is -0.491 e. The number of para-hydroxylation sites is 1. The largest absolute Gasteiger partial charge is 0.491 e. The van der Waals surface area contributed by atoms with Crippen molar-refractivity contribution in [2.24, 2.45) is 0 Å². The standard InChI is InChI=1S/C19H23NO2/c1-3-17-9-4-5-10-18(17)22-12-11-20-19(21)14-16-8-6-7-15(2)13-16/h4-10,13H,3,11-12,14H2,1-2H3,(H,20,21). The summed E-state index contributed by atoms with van der Waals surface area (Å²) >= 11 is 0. The molecule has 0 fully saturated rings. The first kappa shape index (κ1) is 16.1. The van der Waals surface area contributed by atoms with Gasteiger partial charge in [0.05, 0.1) is 13.0 Å². The summed E-state index contributed by atoms with van der Waals surface area (Å²) in [7, 11) is 0. The molecule has 1 amide bonds. The molecule has 0 aliphatic rings. The average Bonchev–Trinajstić information content (AvgIpc) is 2.52. The minimum atomic E-state index is 0.0259. The molecule has 0 aromatic heterocycles. The first-order valence-electron chi connectivity index (χ1n) is 7.72. The highest BCUT2D eigenvalue weighted by atomic mass is 16.5. The van der Waals surface area contributed by atoms with Crippen LogP contribution in [0.2, 0.25) is 0 Å². The Morgan fingerprint density at radius 1 is 1.14 bits per heavy atom. The van der Waals surface area contributed by atoms with Crippen LogP contribution in [-0.2, 0) is 17.6 Å². The van der Waals surface area contributed by atoms with Crippen molar-refractivity contribution in [1.82, 2.24) is 5.32 Å². The van der Waals surface area contributed by atoms with E-state index in [0.29, 0.717) is 19.6 Å². The fourth-order valence-electron chi connectivity index (χ4n) is 2.36. The van der Waals surface area contributed by atoms with Crippen molar-refractivity contribution in [2.45, 2.75) is 26.7 Å². The maximum Gasteiger partial charge on any atom is 0.224 e. The Kier molecular flexibility index (Phi) is 6.01. The molecule has 0 saturated carbocycles. The number of ether oxygens (including phenoxy) is 1. The van der Waals surface area contributed by atoms with Crippen molar-refractivity contribution >= 4 is 5.91 Å². The zero-order valence-electron chi connectivity index (χ0n) is 13.3. The molecule has 22 heavy (non-hydrogen) atoms. The highest BCUT2D eigenvalue weighted by Crippen LogP contribution is 2.17. The topological polar surface area (TPSA) is 38.3 Å². The molecule has 3 heteroatoms. The van der Waals surface area contributed by atoms with E-state index in [4.69, 9.17) is 4.74 Å². The Bertz CT molecular complexity index is 622. The van der Waals surface area contributed by atoms with E-state index < -0.39 is 0 Å². The van der Waals surface area contributed by atoms with Crippen LogP contribution in [0, 0.1) is 6.92 Å². The predicted octanol–water partition coefficient (Wildman–Crippen LogP) is 3.30. The van der Waals surface area contributed by atoms with Gasteiger partial charge in [-0.15, -0.1) is 0 Å². The van der Waals surface area contributed by atoms with E-state index in [9.17, 15) is 4.79 Å². The molecule has 0 radical (unpaired) electrons. The molecule has 0 heterocycles. The van der Waals surface area contributed by atoms with Gasteiger partial charge in [-0.3, -0.25) is 4.79 Å². The number of aryl methyl sites for hydroxylation is 2. The fraction of sp³-hybridized carbons (Fsp3) is 0.316. The Balaban J connectivity index is 1.73. The maximum absolute atomic E-state index is 11.9. The summed E-state index contributed by atoms with van der Waals surface area (Å²) in [5.41, 5.74) is 3.40. The van der Waals surface area contributed by atoms with Crippen molar-refractivity contribution < 1.29 is 9.53 Å². The molecule has 0 saturated heterocycles. The second-order valence-electron chi connectivity index (χ2n) is 5.33. The smallest absolute Gasteiger partial charge is 0.224 e. The summed E-state index contributed by atoms with van der Waals surface area (Å²) in [6, 6.07) is 16.0. The van der Waals surface area contributed by atoms with Crippen molar-refractivity contribution in [3.05, 3.63) is 65.2 Å². The number of rotatable bonds is 7. The molecular weight excluding hydrogens is 274 g/mol. The normalized spacial score (nSPS) is 10.3. The first-order valence-corrected chi connectivity index (χ1v) is 7.72. The number of hydrogen-bond acceptors (Lipinski definition) is 2. The highest BCUT2D eigenvalue weighted by Gasteiger charge is 2.04. The van der Waals surface area contributed by atoms with E-state index in [0.717, 1.165) is 17.7 Å². The van der Waals surface area contributed by atoms with Crippen LogP contribution in [0.1, 0.15) is 23.6 Å². The molecule has 3 nitrogen and oxygen atoms in total. The summed E-state index contributed by atoms with van der Waals surface area (Å²) < 4.78 is 5.73. The number of hydrogen-bond donors (Lipinski definition) is 1. The van der Waals surface area contributed by atoms with Gasteiger partial charge >= 0.3 is 0 Å². The monoisotopic (exact) mass is 297 g/mol. The molecule has 2 rings (SSSR count). The van der Waals surface area contributed by atoms with E-state index in [1.807, 2.05) is 49.4 Å². The number of carbonyl (C=O) groups excluding carboxylic acids is 1. The van der Waals surface area contributed by atoms with E-state index in [2.05, 4.69) is 18.3 Å². The van der Waals surface area contributed by atoms with Crippen molar-refractivity contribution in [3.8, 4) is 5.75 Å². The molecule has 0 unspecified atom stereocenters. The number of benzene rings is 2. The number of amides is 1. The summed E-state index contributed by atoms with van der Waals surface area (Å²) in [4.78, 5) is 11.9. The zero-order chi connectivity index (χ0) is 15.8. The van der Waals surface area contributed by atoms with Gasteiger partial charge in [-0.2, -0.15) is 0 Å². The lowest BCUT2D eigenvalue weighted by Crippen LogP contribution is -2.29. The van der Waals surface area contributed by atoms with Gasteiger partial charge in [-0.25, -0.2) is 0 Å². The second-order valence-corrected chi connectivity index (χ2v) is 5.33. The molecule has 0 spiro atoms. The van der Waals surface area contributed by atoms with Crippen LogP contribution >= 0.6 is 0 Å². The molecule has 2 aromatic carbocycles. The van der Waals surface area contributed by atoms with Crippen molar-refractivity contribution in [3.63, 3.8) is 0 Å². The van der Waals surface area contributed by atoms with Crippen LogP contribution in [-0.4, -0.2) is 19.1 Å². The Morgan fingerprint density at radius 3 is 2.73 bits per heavy atom. The van der Waals surface area contributed by atoms with Gasteiger partial charge in [0.1, 0.15) is 12.4 Å². The Hall–Kier alpha value is -2.29. The summed E-state index contributed by atoms with van der Waals surface area (Å²) in [6.07, 6.45) is 1.35. The third-order valence-electron chi connectivity index (χ3n) is 3.48. The summed E-state index contributed by atoms with van der Waals surface area (Å²) in [6.45, 7) is 5.13. The molecule has 116 valence electrons. The Labute approximate surface area is 132 Å². The third kappa shape index (κ3) is 4.92. The van der Waals surface area contributed by atoms with E-state index >= 15 is 0 Å². The van der Waals surface area contributed by atoms with Crippen LogP contribution < -0.4 is 10.1 Å². The van der Waals surface area contributed by atoms with E-state index in [1.165, 1.54) is 11.1 Å². The molecule has 0 aliphatic carbocycles. The minimum absolute atomic E-state index is 0.0259. The maximum atomic E-state index is 11.9. The van der Waals surface area contributed by atoms with Crippen molar-refractivity contribution in [1.29, 1.82) is 0 Å². The third-order valence-corrected chi connectivity index (χ3v) is 3.48. The molecule has 0 atom stereocenters. The van der Waals surface area contributed by atoms with Crippen molar-refractivity contribution in [2.75, 3.05) is 13.2 Å². The van der Waals surface area contributed by atoms with Gasteiger partial charge in [0.2, 0.25) is 5.91 Å². The SMILES string of the molecule is CCc1ccccc1OCCNC(=O)Cc1cccc(C)c1. The molecule has 0 bridgehead atoms. The highest BCUT2D eigenvalue weighted by molar-refractivity contribution is 5.78. The van der Waals surface area contributed by atoms with Gasteiger partial charge in [0.15, 0.2) is 0 Å². The Morgan fingerprint density at radius 2 is 1.95 bits per heavy atom. The predicted molar refractivity (Wildman–Crippen MR) is 89.2 cm³/mol. The van der Waals surface area contributed by atoms with Gasteiger partial charge in [0, 0.05) is 0 Å². The molecule has 0 aliphatic heterocycles. The second kappa shape index (κ2) is 8.23. The van der Waals surface area contributed by atoms with Crippen LogP contribution in [0.15, 0.2) is 48.5 Å². The number of carbonyl (C=O) groups is 1. The molecular formula is C19H23NO2. The number of nitrogens with one attached hydrogen (secondary N) is 1. The molecule has 2 aromatic rings. The lowest BCUT2D eigenvalue weighted by atomic mass is 10.1. The molecule has 1 N–H and O–H groups in total. The van der Waals surface area contributed by atoms with Gasteiger partial charge in [-0.05, 0) is 30.5 Å². The first-order chi connectivity index (χ1) is 10.7. The quantitative estimate of drug-likeness (QED) is 0.796. The average molecular weight is 297 g/mol. The van der Waals surface area contributed by atoms with Crippen LogP contribution in [0.3, 0.4) is 0 Å².